The molecular weight excluding hydrogens is 276 g/mol. The first-order valence-corrected chi connectivity index (χ1v) is 5.94. The van der Waals surface area contributed by atoms with Crippen LogP contribution in [-0.4, -0.2) is 0 Å². The summed E-state index contributed by atoms with van der Waals surface area (Å²) in [5, 5.41) is 0.710. The Morgan fingerprint density at radius 3 is 2.67 bits per heavy atom. The van der Waals surface area contributed by atoms with E-state index in [1.54, 1.807) is 30.3 Å². The molecule has 0 aromatic heterocycles. The molecule has 2 rings (SSSR count). The summed E-state index contributed by atoms with van der Waals surface area (Å²) in [6.07, 6.45) is 0. The molecule has 94 valence electrons. The molecule has 0 aliphatic carbocycles. The molecule has 0 fully saturated rings. The molecule has 0 amide bonds. The molecule has 0 aliphatic rings. The molecule has 2 aromatic carbocycles. The normalized spacial score (nSPS) is 10.4. The van der Waals surface area contributed by atoms with Crippen molar-refractivity contribution in [3.05, 3.63) is 57.8 Å². The molecule has 0 bridgehead atoms. The van der Waals surface area contributed by atoms with Crippen molar-refractivity contribution in [3.63, 3.8) is 0 Å². The number of nitrogens with two attached hydrogens (primary N) is 1. The van der Waals surface area contributed by atoms with E-state index >= 15 is 0 Å². The first kappa shape index (κ1) is 13.0. The molecule has 0 heterocycles. The van der Waals surface area contributed by atoms with E-state index in [-0.39, 0.29) is 6.61 Å². The Morgan fingerprint density at radius 2 is 1.94 bits per heavy atom. The Balaban J connectivity index is 2.14. The van der Waals surface area contributed by atoms with Crippen LogP contribution in [0.5, 0.6) is 5.75 Å². The van der Waals surface area contributed by atoms with Crippen LogP contribution in [0, 0.1) is 5.82 Å². The number of anilines is 1. The van der Waals surface area contributed by atoms with Gasteiger partial charge in [-0.25, -0.2) is 4.39 Å². The Labute approximate surface area is 114 Å². The highest BCUT2D eigenvalue weighted by Crippen LogP contribution is 2.32. The Morgan fingerprint density at radius 1 is 1.17 bits per heavy atom. The van der Waals surface area contributed by atoms with Crippen LogP contribution in [0.1, 0.15) is 5.56 Å². The molecule has 0 unspecified atom stereocenters. The number of benzene rings is 2. The van der Waals surface area contributed by atoms with Gasteiger partial charge in [0.2, 0.25) is 0 Å². The van der Waals surface area contributed by atoms with Crippen LogP contribution in [0.4, 0.5) is 10.1 Å². The maximum atomic E-state index is 13.5. The summed E-state index contributed by atoms with van der Waals surface area (Å²) in [6, 6.07) is 9.47. The summed E-state index contributed by atoms with van der Waals surface area (Å²) in [6.45, 7) is 0.0617. The van der Waals surface area contributed by atoms with Crippen LogP contribution < -0.4 is 10.5 Å². The van der Waals surface area contributed by atoms with E-state index in [0.29, 0.717) is 27.0 Å². The van der Waals surface area contributed by atoms with Gasteiger partial charge in [0.25, 0.3) is 0 Å². The third-order valence-corrected chi connectivity index (χ3v) is 3.18. The lowest BCUT2D eigenvalue weighted by Crippen LogP contribution is -2.00. The van der Waals surface area contributed by atoms with Crippen molar-refractivity contribution in [2.45, 2.75) is 6.61 Å². The average molecular weight is 286 g/mol. The van der Waals surface area contributed by atoms with E-state index in [0.717, 1.165) is 0 Å². The van der Waals surface area contributed by atoms with Crippen molar-refractivity contribution >= 4 is 28.9 Å². The fraction of sp³-hybridized carbons (Fsp3) is 0.0769. The molecule has 2 aromatic rings. The van der Waals surface area contributed by atoms with Crippen molar-refractivity contribution in [2.75, 3.05) is 5.73 Å². The number of ether oxygens (including phenoxy) is 1. The molecule has 0 saturated carbocycles. The van der Waals surface area contributed by atoms with Crippen LogP contribution >= 0.6 is 23.2 Å². The van der Waals surface area contributed by atoms with E-state index in [2.05, 4.69) is 0 Å². The lowest BCUT2D eigenvalue weighted by atomic mass is 10.2. The van der Waals surface area contributed by atoms with Crippen LogP contribution in [0.3, 0.4) is 0 Å². The van der Waals surface area contributed by atoms with Crippen molar-refractivity contribution in [3.8, 4) is 5.75 Å². The van der Waals surface area contributed by atoms with Gasteiger partial charge in [-0.3, -0.25) is 0 Å². The van der Waals surface area contributed by atoms with Gasteiger partial charge in [-0.1, -0.05) is 35.3 Å². The standard InChI is InChI=1S/C13H10Cl2FNO/c14-10-2-1-3-12(13(10)15)18-7-8-4-5-9(17)6-11(8)16/h1-6H,7,17H2. The maximum absolute atomic E-state index is 13.5. The van der Waals surface area contributed by atoms with Gasteiger partial charge in [-0.2, -0.15) is 0 Å². The fourth-order valence-electron chi connectivity index (χ4n) is 1.43. The second-order valence-electron chi connectivity index (χ2n) is 3.69. The van der Waals surface area contributed by atoms with E-state index in [9.17, 15) is 4.39 Å². The second-order valence-corrected chi connectivity index (χ2v) is 4.48. The predicted octanol–water partition coefficient (Wildman–Crippen LogP) is 4.29. The molecule has 2 N–H and O–H groups in total. The molecule has 5 heteroatoms. The van der Waals surface area contributed by atoms with Crippen LogP contribution in [0.2, 0.25) is 10.0 Å². The summed E-state index contributed by atoms with van der Waals surface area (Å²) < 4.78 is 18.9. The summed E-state index contributed by atoms with van der Waals surface area (Å²) in [5.41, 5.74) is 6.23. The first-order valence-electron chi connectivity index (χ1n) is 5.18. The molecule has 0 spiro atoms. The molecule has 0 aliphatic heterocycles. The zero-order valence-electron chi connectivity index (χ0n) is 9.29. The van der Waals surface area contributed by atoms with Crippen molar-refractivity contribution in [1.29, 1.82) is 0 Å². The highest BCUT2D eigenvalue weighted by Gasteiger charge is 2.07. The van der Waals surface area contributed by atoms with Crippen LogP contribution in [-0.2, 0) is 6.61 Å². The third kappa shape index (κ3) is 2.86. The minimum absolute atomic E-state index is 0.0617. The van der Waals surface area contributed by atoms with Gasteiger partial charge in [0, 0.05) is 11.3 Å². The summed E-state index contributed by atoms with van der Waals surface area (Å²) in [5.74, 6) is 0.00791. The minimum atomic E-state index is -0.409. The fourth-order valence-corrected chi connectivity index (χ4v) is 1.78. The first-order chi connectivity index (χ1) is 8.58. The Hall–Kier alpha value is -1.45. The molecule has 18 heavy (non-hydrogen) atoms. The minimum Gasteiger partial charge on any atom is -0.487 e. The zero-order chi connectivity index (χ0) is 13.1. The van der Waals surface area contributed by atoms with E-state index in [1.165, 1.54) is 6.07 Å². The highest BCUT2D eigenvalue weighted by atomic mass is 35.5. The smallest absolute Gasteiger partial charge is 0.139 e. The van der Waals surface area contributed by atoms with Gasteiger partial charge < -0.3 is 10.5 Å². The van der Waals surface area contributed by atoms with Crippen LogP contribution in [0.25, 0.3) is 0 Å². The van der Waals surface area contributed by atoms with Gasteiger partial charge in [-0.15, -0.1) is 0 Å². The quantitative estimate of drug-likeness (QED) is 0.854. The van der Waals surface area contributed by atoms with Gasteiger partial charge in [0.1, 0.15) is 23.2 Å². The number of hydrogen-bond acceptors (Lipinski definition) is 2. The van der Waals surface area contributed by atoms with Gasteiger partial charge in [-0.05, 0) is 24.3 Å². The van der Waals surface area contributed by atoms with Gasteiger partial charge >= 0.3 is 0 Å². The summed E-state index contributed by atoms with van der Waals surface area (Å²) in [7, 11) is 0. The zero-order valence-corrected chi connectivity index (χ0v) is 10.8. The van der Waals surface area contributed by atoms with Gasteiger partial charge in [0.15, 0.2) is 0 Å². The lowest BCUT2D eigenvalue weighted by molar-refractivity contribution is 0.300. The lowest BCUT2D eigenvalue weighted by Gasteiger charge is -2.09. The van der Waals surface area contributed by atoms with E-state index in [4.69, 9.17) is 33.7 Å². The second kappa shape index (κ2) is 5.46. The van der Waals surface area contributed by atoms with Crippen molar-refractivity contribution < 1.29 is 9.13 Å². The summed E-state index contributed by atoms with van der Waals surface area (Å²) >= 11 is 11.8. The monoisotopic (exact) mass is 285 g/mol. The van der Waals surface area contributed by atoms with Crippen molar-refractivity contribution in [1.82, 2.24) is 0 Å². The number of rotatable bonds is 3. The van der Waals surface area contributed by atoms with Gasteiger partial charge in [0.05, 0.1) is 5.02 Å². The predicted molar refractivity (Wildman–Crippen MR) is 71.6 cm³/mol. The molecular formula is C13H10Cl2FNO. The molecule has 0 saturated heterocycles. The molecule has 0 radical (unpaired) electrons. The maximum Gasteiger partial charge on any atom is 0.139 e. The number of halogens is 3. The Bertz CT molecular complexity index is 575. The Kier molecular flexibility index (Phi) is 3.94. The topological polar surface area (TPSA) is 35.2 Å². The SMILES string of the molecule is Nc1ccc(COc2cccc(Cl)c2Cl)c(F)c1. The number of nitrogen functional groups attached to an aromatic ring is 1. The average Bonchev–Trinajstić information content (AvgIpc) is 2.33. The van der Waals surface area contributed by atoms with Crippen LogP contribution in [0.15, 0.2) is 36.4 Å². The molecule has 2 nitrogen and oxygen atoms in total. The van der Waals surface area contributed by atoms with Crippen molar-refractivity contribution in [2.24, 2.45) is 0 Å². The molecule has 0 atom stereocenters. The van der Waals surface area contributed by atoms with E-state index in [1.807, 2.05) is 0 Å². The largest absolute Gasteiger partial charge is 0.487 e. The third-order valence-electron chi connectivity index (χ3n) is 2.38. The summed E-state index contributed by atoms with van der Waals surface area (Å²) in [4.78, 5) is 0. The highest BCUT2D eigenvalue weighted by molar-refractivity contribution is 6.42. The number of hydrogen-bond donors (Lipinski definition) is 1. The van der Waals surface area contributed by atoms with E-state index < -0.39 is 5.82 Å².